The van der Waals surface area contributed by atoms with Crippen molar-refractivity contribution < 1.29 is 14.6 Å². The fourth-order valence-corrected chi connectivity index (χ4v) is 3.65. The summed E-state index contributed by atoms with van der Waals surface area (Å²) in [6.45, 7) is 4.51. The maximum absolute atomic E-state index is 11.4. The maximum atomic E-state index is 11.4. The fraction of sp³-hybridized carbons (Fsp3) is 0.545. The first-order chi connectivity index (χ1) is 7.40. The summed E-state index contributed by atoms with van der Waals surface area (Å²) >= 11 is 4.99. The molecule has 0 amide bonds. The number of thiophene rings is 1. The van der Waals surface area contributed by atoms with E-state index in [2.05, 4.69) is 15.9 Å². The van der Waals surface area contributed by atoms with E-state index in [9.17, 15) is 9.90 Å². The highest BCUT2D eigenvalue weighted by atomic mass is 79.9. The van der Waals surface area contributed by atoms with E-state index in [1.54, 1.807) is 25.2 Å². The lowest BCUT2D eigenvalue weighted by Gasteiger charge is -2.49. The molecule has 1 N–H and O–H groups in total. The Balaban J connectivity index is 2.44. The molecule has 1 aromatic rings. The van der Waals surface area contributed by atoms with E-state index in [0.29, 0.717) is 13.2 Å². The topological polar surface area (TPSA) is 46.5 Å². The van der Waals surface area contributed by atoms with Crippen molar-refractivity contribution in [2.75, 3.05) is 13.2 Å². The van der Waals surface area contributed by atoms with Gasteiger partial charge in [-0.2, -0.15) is 0 Å². The quantitative estimate of drug-likeness (QED) is 0.934. The second kappa shape index (κ2) is 3.82. The Kier molecular flexibility index (Phi) is 2.88. The summed E-state index contributed by atoms with van der Waals surface area (Å²) < 4.78 is 6.27. The predicted molar refractivity (Wildman–Crippen MR) is 65.9 cm³/mol. The number of ether oxygens (including phenoxy) is 1. The number of carbonyl (C=O) groups is 1. The molecule has 0 aromatic carbocycles. The van der Waals surface area contributed by atoms with E-state index >= 15 is 0 Å². The Morgan fingerprint density at radius 1 is 1.62 bits per heavy atom. The normalized spacial score (nSPS) is 19.2. The molecule has 5 heteroatoms. The number of carboxylic acid groups (broad SMARTS) is 1. The average Bonchev–Trinajstić information content (AvgIpc) is 2.49. The molecular formula is C11H13BrO3S. The molecule has 1 saturated heterocycles. The standard InChI is InChI=1S/C11H13BrO3S/c1-10(2,9(13)14)11(5-15-6-11)8-3-7(12)4-16-8/h3-4H,5-6H2,1-2H3,(H,13,14). The van der Waals surface area contributed by atoms with Crippen molar-refractivity contribution in [2.24, 2.45) is 5.41 Å². The van der Waals surface area contributed by atoms with Gasteiger partial charge in [0.25, 0.3) is 0 Å². The van der Waals surface area contributed by atoms with Crippen molar-refractivity contribution in [3.63, 3.8) is 0 Å². The molecule has 1 aliphatic rings. The Morgan fingerprint density at radius 3 is 2.56 bits per heavy atom. The van der Waals surface area contributed by atoms with Crippen molar-refractivity contribution in [2.45, 2.75) is 19.3 Å². The van der Waals surface area contributed by atoms with Crippen LogP contribution in [0.2, 0.25) is 0 Å². The number of hydrogen-bond donors (Lipinski definition) is 1. The van der Waals surface area contributed by atoms with Gasteiger partial charge in [-0.3, -0.25) is 4.79 Å². The molecule has 0 bridgehead atoms. The Morgan fingerprint density at radius 2 is 2.25 bits per heavy atom. The number of carboxylic acids is 1. The zero-order valence-electron chi connectivity index (χ0n) is 9.12. The van der Waals surface area contributed by atoms with Crippen molar-refractivity contribution in [1.29, 1.82) is 0 Å². The van der Waals surface area contributed by atoms with Gasteiger partial charge in [0.2, 0.25) is 0 Å². The van der Waals surface area contributed by atoms with Crippen LogP contribution in [-0.2, 0) is 14.9 Å². The predicted octanol–water partition coefficient (Wildman–Crippen LogP) is 2.89. The van der Waals surface area contributed by atoms with Gasteiger partial charge in [-0.25, -0.2) is 0 Å². The van der Waals surface area contributed by atoms with Crippen LogP contribution in [0.5, 0.6) is 0 Å². The Bertz CT molecular complexity index is 421. The molecule has 1 aromatic heterocycles. The molecule has 1 fully saturated rings. The molecule has 3 nitrogen and oxygen atoms in total. The van der Waals surface area contributed by atoms with Gasteiger partial charge in [0, 0.05) is 14.7 Å². The van der Waals surface area contributed by atoms with E-state index in [-0.39, 0.29) is 5.41 Å². The maximum Gasteiger partial charge on any atom is 0.310 e. The summed E-state index contributed by atoms with van der Waals surface area (Å²) in [5, 5.41) is 11.3. The van der Waals surface area contributed by atoms with Crippen LogP contribution in [0.4, 0.5) is 0 Å². The molecule has 0 spiro atoms. The highest BCUT2D eigenvalue weighted by Gasteiger charge is 2.57. The van der Waals surface area contributed by atoms with E-state index < -0.39 is 11.4 Å². The minimum absolute atomic E-state index is 0.379. The third-order valence-electron chi connectivity index (χ3n) is 3.47. The van der Waals surface area contributed by atoms with Crippen LogP contribution in [0.3, 0.4) is 0 Å². The molecular weight excluding hydrogens is 292 g/mol. The second-order valence-corrected chi connectivity index (χ2v) is 6.46. The third kappa shape index (κ3) is 1.53. The lowest BCUT2D eigenvalue weighted by atomic mass is 9.63. The van der Waals surface area contributed by atoms with E-state index in [4.69, 9.17) is 4.74 Å². The molecule has 88 valence electrons. The number of rotatable bonds is 3. The van der Waals surface area contributed by atoms with Crippen LogP contribution in [-0.4, -0.2) is 24.3 Å². The first kappa shape index (κ1) is 12.1. The zero-order chi connectivity index (χ0) is 12.0. The molecule has 0 atom stereocenters. The second-order valence-electron chi connectivity index (χ2n) is 4.63. The van der Waals surface area contributed by atoms with Crippen LogP contribution in [0.1, 0.15) is 18.7 Å². The minimum Gasteiger partial charge on any atom is -0.481 e. The van der Waals surface area contributed by atoms with Gasteiger partial charge in [0.15, 0.2) is 0 Å². The van der Waals surface area contributed by atoms with Crippen LogP contribution < -0.4 is 0 Å². The Hall–Kier alpha value is -0.390. The van der Waals surface area contributed by atoms with E-state index in [1.807, 2.05) is 11.4 Å². The average molecular weight is 305 g/mol. The van der Waals surface area contributed by atoms with Crippen molar-refractivity contribution in [1.82, 2.24) is 0 Å². The van der Waals surface area contributed by atoms with Crippen LogP contribution >= 0.6 is 27.3 Å². The van der Waals surface area contributed by atoms with Gasteiger partial charge in [-0.05, 0) is 35.8 Å². The van der Waals surface area contributed by atoms with Gasteiger partial charge >= 0.3 is 5.97 Å². The molecule has 0 saturated carbocycles. The van der Waals surface area contributed by atoms with Gasteiger partial charge in [0.05, 0.1) is 24.0 Å². The molecule has 0 unspecified atom stereocenters. The van der Waals surface area contributed by atoms with Gasteiger partial charge in [-0.15, -0.1) is 11.3 Å². The number of aliphatic carboxylic acids is 1. The summed E-state index contributed by atoms with van der Waals surface area (Å²) in [5.41, 5.74) is -1.19. The van der Waals surface area contributed by atoms with Crippen molar-refractivity contribution >= 4 is 33.2 Å². The van der Waals surface area contributed by atoms with Crippen LogP contribution in [0, 0.1) is 5.41 Å². The summed E-state index contributed by atoms with van der Waals surface area (Å²) in [5.74, 6) is -0.777. The summed E-state index contributed by atoms with van der Waals surface area (Å²) in [7, 11) is 0. The summed E-state index contributed by atoms with van der Waals surface area (Å²) in [4.78, 5) is 12.5. The molecule has 0 radical (unpaired) electrons. The largest absolute Gasteiger partial charge is 0.481 e. The zero-order valence-corrected chi connectivity index (χ0v) is 11.5. The minimum atomic E-state index is -0.810. The highest BCUT2D eigenvalue weighted by Crippen LogP contribution is 2.49. The molecule has 0 aliphatic carbocycles. The van der Waals surface area contributed by atoms with Crippen molar-refractivity contribution in [3.05, 3.63) is 20.8 Å². The molecule has 2 heterocycles. The van der Waals surface area contributed by atoms with Crippen LogP contribution in [0.25, 0.3) is 0 Å². The van der Waals surface area contributed by atoms with Crippen molar-refractivity contribution in [3.8, 4) is 0 Å². The molecule has 2 rings (SSSR count). The monoisotopic (exact) mass is 304 g/mol. The van der Waals surface area contributed by atoms with E-state index in [0.717, 1.165) is 9.35 Å². The number of halogens is 1. The SMILES string of the molecule is CC(C)(C(=O)O)C1(c2cc(Br)cs2)COC1. The van der Waals surface area contributed by atoms with E-state index in [1.165, 1.54) is 0 Å². The number of hydrogen-bond acceptors (Lipinski definition) is 3. The third-order valence-corrected chi connectivity index (χ3v) is 5.36. The van der Waals surface area contributed by atoms with Gasteiger partial charge in [0.1, 0.15) is 0 Å². The lowest BCUT2D eigenvalue weighted by molar-refractivity contribution is -0.170. The van der Waals surface area contributed by atoms with Crippen LogP contribution in [0.15, 0.2) is 15.9 Å². The smallest absolute Gasteiger partial charge is 0.310 e. The molecule has 1 aliphatic heterocycles. The van der Waals surface area contributed by atoms with Gasteiger partial charge in [-0.1, -0.05) is 0 Å². The fourth-order valence-electron chi connectivity index (χ4n) is 1.89. The Labute approximate surface area is 107 Å². The lowest BCUT2D eigenvalue weighted by Crippen LogP contribution is -2.59. The van der Waals surface area contributed by atoms with Gasteiger partial charge < -0.3 is 9.84 Å². The highest BCUT2D eigenvalue weighted by molar-refractivity contribution is 9.10. The first-order valence-corrected chi connectivity index (χ1v) is 6.63. The first-order valence-electron chi connectivity index (χ1n) is 4.96. The summed E-state index contributed by atoms with van der Waals surface area (Å²) in [6, 6.07) is 2.00. The summed E-state index contributed by atoms with van der Waals surface area (Å²) in [6.07, 6.45) is 0. The molecule has 16 heavy (non-hydrogen) atoms.